The summed E-state index contributed by atoms with van der Waals surface area (Å²) in [6.07, 6.45) is -0.360. The van der Waals surface area contributed by atoms with Gasteiger partial charge in [0.1, 0.15) is 12.0 Å². The van der Waals surface area contributed by atoms with E-state index in [9.17, 15) is 0 Å². The fraction of sp³-hybridized carbons (Fsp3) is 0.0196. The number of aromatic nitrogens is 1. The fourth-order valence-electron chi connectivity index (χ4n) is 8.29. The molecule has 0 fully saturated rings. The first-order valence-electron chi connectivity index (χ1n) is 18.9. The van der Waals surface area contributed by atoms with E-state index in [1.54, 1.807) is 0 Å². The van der Waals surface area contributed by atoms with E-state index in [-0.39, 0.29) is 6.17 Å². The predicted molar refractivity (Wildman–Crippen MR) is 236 cm³/mol. The normalized spacial score (nSPS) is 14.2. The van der Waals surface area contributed by atoms with Crippen LogP contribution in [0.5, 0.6) is 0 Å². The van der Waals surface area contributed by atoms with Crippen molar-refractivity contribution in [3.8, 4) is 27.9 Å². The first-order chi connectivity index (χ1) is 27.8. The number of hydrogen-bond acceptors (Lipinski definition) is 4. The number of amidine groups is 2. The van der Waals surface area contributed by atoms with Crippen molar-refractivity contribution in [3.63, 3.8) is 0 Å². The van der Waals surface area contributed by atoms with Crippen molar-refractivity contribution in [2.75, 3.05) is 0 Å². The topological polar surface area (TPSA) is 41.7 Å². The van der Waals surface area contributed by atoms with Gasteiger partial charge in [-0.2, -0.15) is 0 Å². The highest BCUT2D eigenvalue weighted by Crippen LogP contribution is 2.46. The third kappa shape index (κ3) is 5.44. The maximum Gasteiger partial charge on any atom is 0.159 e. The van der Waals surface area contributed by atoms with Gasteiger partial charge in [-0.25, -0.2) is 9.98 Å². The van der Waals surface area contributed by atoms with Crippen LogP contribution in [0.15, 0.2) is 204 Å². The van der Waals surface area contributed by atoms with Crippen molar-refractivity contribution in [2.24, 2.45) is 9.98 Å². The molecule has 0 bridgehead atoms. The van der Waals surface area contributed by atoms with E-state index in [0.29, 0.717) is 5.84 Å². The average molecular weight is 735 g/mol. The van der Waals surface area contributed by atoms with Gasteiger partial charge in [0.15, 0.2) is 5.84 Å². The Morgan fingerprint density at radius 2 is 1.14 bits per heavy atom. The third-order valence-electron chi connectivity index (χ3n) is 10.8. The van der Waals surface area contributed by atoms with E-state index in [4.69, 9.17) is 9.98 Å². The minimum atomic E-state index is -0.360. The third-order valence-corrected chi connectivity index (χ3v) is 12.0. The summed E-state index contributed by atoms with van der Waals surface area (Å²) in [6.45, 7) is 0. The summed E-state index contributed by atoms with van der Waals surface area (Å²) in [5.74, 6) is 1.52. The second-order valence-electron chi connectivity index (χ2n) is 14.2. The van der Waals surface area contributed by atoms with Crippen LogP contribution in [0.1, 0.15) is 22.9 Å². The Bertz CT molecular complexity index is 3140. The Labute approximate surface area is 328 Å². The van der Waals surface area contributed by atoms with E-state index in [1.165, 1.54) is 64.2 Å². The van der Waals surface area contributed by atoms with Crippen LogP contribution in [-0.4, -0.2) is 16.2 Å². The van der Waals surface area contributed by atoms with Crippen molar-refractivity contribution < 1.29 is 0 Å². The van der Waals surface area contributed by atoms with Crippen LogP contribution in [0.2, 0.25) is 0 Å². The van der Waals surface area contributed by atoms with E-state index < -0.39 is 0 Å². The van der Waals surface area contributed by atoms with Crippen molar-refractivity contribution >= 4 is 65.0 Å². The molecule has 10 aromatic rings. The molecule has 0 saturated heterocycles. The maximum atomic E-state index is 5.31. The lowest BCUT2D eigenvalue weighted by molar-refractivity contribution is 0.675. The SMILES string of the molecule is c1ccc(C2=NC(c3cc(-c4cccc5c4c4cc(-c6ccccc6)ccc4n5-c4ccccc4)c4c(c3)sc3ccccc34)NC(c3ccccc3)=N2)cc1. The van der Waals surface area contributed by atoms with Crippen molar-refractivity contribution in [1.82, 2.24) is 9.88 Å². The number of benzene rings is 8. The summed E-state index contributed by atoms with van der Waals surface area (Å²) in [6, 6.07) is 69.3. The average Bonchev–Trinajstić information content (AvgIpc) is 3.83. The highest BCUT2D eigenvalue weighted by atomic mass is 32.1. The van der Waals surface area contributed by atoms with Gasteiger partial charge >= 0.3 is 0 Å². The monoisotopic (exact) mass is 734 g/mol. The van der Waals surface area contributed by atoms with E-state index in [1.807, 2.05) is 35.6 Å². The summed E-state index contributed by atoms with van der Waals surface area (Å²) in [4.78, 5) is 10.4. The molecular weight excluding hydrogens is 701 g/mol. The highest BCUT2D eigenvalue weighted by Gasteiger charge is 2.25. The fourth-order valence-corrected chi connectivity index (χ4v) is 9.47. The highest BCUT2D eigenvalue weighted by molar-refractivity contribution is 7.26. The molecule has 0 spiro atoms. The predicted octanol–water partition coefficient (Wildman–Crippen LogP) is 13.0. The standard InChI is InChI=1S/C51H34N4S/c1-5-16-33(17-6-1)36-28-29-43-42(30-36)47-39(25-15-26-44(47)55(43)38-22-11-4-12-23-38)41-31-37(32-46-48(41)40-24-13-14-27-45(40)56-46)51-53-49(34-18-7-2-8-19-34)52-50(54-51)35-20-9-3-10-21-35/h1-32,51H,(H,52,53,54). The molecule has 11 rings (SSSR count). The summed E-state index contributed by atoms with van der Waals surface area (Å²) in [5.41, 5.74) is 11.4. The Balaban J connectivity index is 1.20. The van der Waals surface area contributed by atoms with Gasteiger partial charge < -0.3 is 9.88 Å². The van der Waals surface area contributed by atoms with Crippen LogP contribution in [0.4, 0.5) is 0 Å². The van der Waals surface area contributed by atoms with E-state index in [0.717, 1.165) is 28.2 Å². The summed E-state index contributed by atoms with van der Waals surface area (Å²) in [5, 5.41) is 8.72. The Morgan fingerprint density at radius 3 is 1.91 bits per heavy atom. The number of nitrogens with one attached hydrogen (secondary N) is 1. The zero-order valence-corrected chi connectivity index (χ0v) is 31.1. The zero-order valence-electron chi connectivity index (χ0n) is 30.3. The van der Waals surface area contributed by atoms with Crippen LogP contribution in [-0.2, 0) is 0 Å². The Kier molecular flexibility index (Phi) is 7.71. The van der Waals surface area contributed by atoms with E-state index >= 15 is 0 Å². The lowest BCUT2D eigenvalue weighted by atomic mass is 9.92. The first kappa shape index (κ1) is 32.4. The number of fused-ring (bicyclic) bond motifs is 6. The molecule has 5 heteroatoms. The molecule has 1 atom stereocenters. The molecule has 56 heavy (non-hydrogen) atoms. The second-order valence-corrected chi connectivity index (χ2v) is 15.3. The molecule has 264 valence electrons. The number of nitrogens with zero attached hydrogens (tertiary/aromatic N) is 3. The lowest BCUT2D eigenvalue weighted by Gasteiger charge is -2.24. The minimum Gasteiger partial charge on any atom is -0.344 e. The minimum absolute atomic E-state index is 0.360. The zero-order chi connectivity index (χ0) is 37.0. The lowest BCUT2D eigenvalue weighted by Crippen LogP contribution is -2.33. The van der Waals surface area contributed by atoms with Gasteiger partial charge in [-0.15, -0.1) is 11.3 Å². The van der Waals surface area contributed by atoms with Gasteiger partial charge in [0, 0.05) is 47.8 Å². The van der Waals surface area contributed by atoms with Crippen LogP contribution in [0.3, 0.4) is 0 Å². The molecule has 0 aliphatic carbocycles. The number of thiophene rings is 1. The molecule has 1 aliphatic rings. The van der Waals surface area contributed by atoms with Crippen LogP contribution in [0, 0.1) is 0 Å². The van der Waals surface area contributed by atoms with Crippen LogP contribution >= 0.6 is 11.3 Å². The molecule has 2 aromatic heterocycles. The number of rotatable bonds is 6. The van der Waals surface area contributed by atoms with Gasteiger partial charge in [-0.05, 0) is 76.3 Å². The van der Waals surface area contributed by atoms with Gasteiger partial charge in [-0.1, -0.05) is 146 Å². The molecule has 1 aliphatic heterocycles. The molecule has 4 nitrogen and oxygen atoms in total. The summed E-state index contributed by atoms with van der Waals surface area (Å²) < 4.78 is 4.91. The van der Waals surface area contributed by atoms with Gasteiger partial charge in [0.2, 0.25) is 0 Å². The molecule has 0 amide bonds. The van der Waals surface area contributed by atoms with Crippen molar-refractivity contribution in [2.45, 2.75) is 6.17 Å². The van der Waals surface area contributed by atoms with Gasteiger partial charge in [-0.3, -0.25) is 0 Å². The molecular formula is C51H34N4S. The van der Waals surface area contributed by atoms with Crippen LogP contribution in [0.25, 0.3) is 69.9 Å². The number of hydrogen-bond donors (Lipinski definition) is 1. The summed E-state index contributed by atoms with van der Waals surface area (Å²) >= 11 is 1.84. The molecule has 1 N–H and O–H groups in total. The van der Waals surface area contributed by atoms with Gasteiger partial charge in [0.05, 0.1) is 11.0 Å². The second kappa shape index (κ2) is 13.3. The number of aliphatic imine (C=N–C) groups is 2. The molecule has 0 radical (unpaired) electrons. The van der Waals surface area contributed by atoms with Gasteiger partial charge in [0.25, 0.3) is 0 Å². The molecule has 3 heterocycles. The van der Waals surface area contributed by atoms with E-state index in [2.05, 4.69) is 180 Å². The first-order valence-corrected chi connectivity index (χ1v) is 19.8. The Morgan fingerprint density at radius 1 is 0.464 bits per heavy atom. The molecule has 1 unspecified atom stereocenters. The molecule has 0 saturated carbocycles. The Hall–Kier alpha value is -7.08. The van der Waals surface area contributed by atoms with Crippen molar-refractivity contribution in [1.29, 1.82) is 0 Å². The molecule has 8 aromatic carbocycles. The largest absolute Gasteiger partial charge is 0.344 e. The maximum absolute atomic E-state index is 5.31. The van der Waals surface area contributed by atoms with Crippen molar-refractivity contribution in [3.05, 3.63) is 211 Å². The summed E-state index contributed by atoms with van der Waals surface area (Å²) in [7, 11) is 0. The quantitative estimate of drug-likeness (QED) is 0.182. The smallest absolute Gasteiger partial charge is 0.159 e. The number of para-hydroxylation sites is 1. The van der Waals surface area contributed by atoms with Crippen LogP contribution < -0.4 is 5.32 Å².